The summed E-state index contributed by atoms with van der Waals surface area (Å²) in [5, 5.41) is 19.9. The average Bonchev–Trinajstić information content (AvgIpc) is 2.82. The molecule has 0 aliphatic carbocycles. The van der Waals surface area contributed by atoms with Crippen LogP contribution in [-0.2, 0) is 4.79 Å². The Morgan fingerprint density at radius 1 is 1.53 bits per heavy atom. The molecule has 2 atom stereocenters. The third-order valence-electron chi connectivity index (χ3n) is 3.51. The molecular weight excluding hydrogens is 250 g/mol. The Morgan fingerprint density at radius 2 is 2.21 bits per heavy atom. The molecule has 0 saturated carbocycles. The first-order valence-electron chi connectivity index (χ1n) is 6.58. The lowest BCUT2D eigenvalue weighted by atomic mass is 10.2. The highest BCUT2D eigenvalue weighted by atomic mass is 16.4. The van der Waals surface area contributed by atoms with E-state index >= 15 is 0 Å². The molecule has 0 radical (unpaired) electrons. The minimum Gasteiger partial charge on any atom is -0.480 e. The van der Waals surface area contributed by atoms with Gasteiger partial charge in [-0.25, -0.2) is 9.59 Å². The maximum atomic E-state index is 11.8. The Hall–Kier alpha value is -1.34. The van der Waals surface area contributed by atoms with Gasteiger partial charge in [0, 0.05) is 19.6 Å². The number of nitrogens with one attached hydrogen (secondary N) is 1. The number of aliphatic carboxylic acids is 1. The van der Waals surface area contributed by atoms with Crippen molar-refractivity contribution in [1.82, 2.24) is 15.1 Å². The number of likely N-dealkylation sites (N-methyl/N-ethyl adjacent to an activating group) is 2. The standard InChI is InChI=1S/C12H23N3O4/c1-3-15-6-4-5-9(15)7-14(2)12(19)13-10(8-16)11(17)18/h9-10,16H,3-8H2,1-2H3,(H,13,19)(H,17,18)/t9?,10-/m0/s1. The Kier molecular flexibility index (Phi) is 6.04. The molecule has 0 spiro atoms. The zero-order chi connectivity index (χ0) is 14.4. The highest BCUT2D eigenvalue weighted by molar-refractivity contribution is 5.82. The van der Waals surface area contributed by atoms with E-state index < -0.39 is 24.6 Å². The fourth-order valence-electron chi connectivity index (χ4n) is 2.36. The van der Waals surface area contributed by atoms with Crippen LogP contribution in [0.1, 0.15) is 19.8 Å². The van der Waals surface area contributed by atoms with Gasteiger partial charge in [0.2, 0.25) is 0 Å². The SMILES string of the molecule is CCN1CCCC1CN(C)C(=O)N[C@@H](CO)C(=O)O. The van der Waals surface area contributed by atoms with Gasteiger partial charge in [0.15, 0.2) is 6.04 Å². The van der Waals surface area contributed by atoms with Crippen molar-refractivity contribution in [2.24, 2.45) is 0 Å². The summed E-state index contributed by atoms with van der Waals surface area (Å²) < 4.78 is 0. The highest BCUT2D eigenvalue weighted by Crippen LogP contribution is 2.17. The molecule has 2 amide bonds. The second-order valence-electron chi connectivity index (χ2n) is 4.83. The van der Waals surface area contributed by atoms with E-state index in [1.165, 1.54) is 4.90 Å². The van der Waals surface area contributed by atoms with Gasteiger partial charge in [-0.1, -0.05) is 6.92 Å². The van der Waals surface area contributed by atoms with E-state index in [2.05, 4.69) is 17.1 Å². The van der Waals surface area contributed by atoms with Crippen LogP contribution in [0.25, 0.3) is 0 Å². The molecule has 0 aromatic rings. The summed E-state index contributed by atoms with van der Waals surface area (Å²) in [6, 6.07) is -1.39. The number of amides is 2. The molecule has 1 aliphatic heterocycles. The van der Waals surface area contributed by atoms with Gasteiger partial charge >= 0.3 is 12.0 Å². The molecule has 19 heavy (non-hydrogen) atoms. The molecule has 3 N–H and O–H groups in total. The zero-order valence-electron chi connectivity index (χ0n) is 11.5. The van der Waals surface area contributed by atoms with Crippen LogP contribution in [-0.4, -0.2) is 77.4 Å². The van der Waals surface area contributed by atoms with Gasteiger partial charge in [0.05, 0.1) is 6.61 Å². The monoisotopic (exact) mass is 273 g/mol. The predicted molar refractivity (Wildman–Crippen MR) is 69.9 cm³/mol. The number of carbonyl (C=O) groups excluding carboxylic acids is 1. The summed E-state index contributed by atoms with van der Waals surface area (Å²) >= 11 is 0. The van der Waals surface area contributed by atoms with Crippen LogP contribution in [0.15, 0.2) is 0 Å². The van der Waals surface area contributed by atoms with Crippen molar-refractivity contribution in [2.75, 3.05) is 33.3 Å². The van der Waals surface area contributed by atoms with Crippen LogP contribution in [0.4, 0.5) is 4.79 Å². The van der Waals surface area contributed by atoms with Gasteiger partial charge in [-0.2, -0.15) is 0 Å². The molecule has 0 aromatic carbocycles. The van der Waals surface area contributed by atoms with Crippen molar-refractivity contribution < 1.29 is 19.8 Å². The van der Waals surface area contributed by atoms with E-state index in [4.69, 9.17) is 10.2 Å². The van der Waals surface area contributed by atoms with Gasteiger partial charge in [-0.15, -0.1) is 0 Å². The van der Waals surface area contributed by atoms with Gasteiger partial charge in [0.25, 0.3) is 0 Å². The molecule has 7 nitrogen and oxygen atoms in total. The molecule has 1 saturated heterocycles. The lowest BCUT2D eigenvalue weighted by Gasteiger charge is -2.28. The van der Waals surface area contributed by atoms with E-state index in [-0.39, 0.29) is 0 Å². The van der Waals surface area contributed by atoms with Gasteiger partial charge < -0.3 is 20.4 Å². The smallest absolute Gasteiger partial charge is 0.328 e. The summed E-state index contributed by atoms with van der Waals surface area (Å²) in [5.74, 6) is -1.24. The quantitative estimate of drug-likeness (QED) is 0.610. The van der Waals surface area contributed by atoms with Gasteiger partial charge in [-0.3, -0.25) is 4.90 Å². The fourth-order valence-corrected chi connectivity index (χ4v) is 2.36. The Bertz CT molecular complexity index is 324. The number of carbonyl (C=O) groups is 2. The fraction of sp³-hybridized carbons (Fsp3) is 0.833. The molecule has 7 heteroatoms. The van der Waals surface area contributed by atoms with E-state index in [0.717, 1.165) is 25.9 Å². The normalized spacial score (nSPS) is 21.1. The number of carboxylic acid groups (broad SMARTS) is 1. The molecule has 1 rings (SSSR count). The van der Waals surface area contributed by atoms with Crippen LogP contribution in [0.2, 0.25) is 0 Å². The van der Waals surface area contributed by atoms with Crippen LogP contribution >= 0.6 is 0 Å². The van der Waals surface area contributed by atoms with Crippen molar-refractivity contribution in [2.45, 2.75) is 31.8 Å². The van der Waals surface area contributed by atoms with Crippen LogP contribution < -0.4 is 5.32 Å². The third-order valence-corrected chi connectivity index (χ3v) is 3.51. The molecule has 110 valence electrons. The first-order chi connectivity index (χ1) is 8.99. The number of urea groups is 1. The Morgan fingerprint density at radius 3 is 2.74 bits per heavy atom. The number of nitrogens with zero attached hydrogens (tertiary/aromatic N) is 2. The Labute approximate surface area is 113 Å². The number of aliphatic hydroxyl groups excluding tert-OH is 1. The average molecular weight is 273 g/mol. The maximum Gasteiger partial charge on any atom is 0.328 e. The topological polar surface area (TPSA) is 93.1 Å². The number of rotatable bonds is 6. The minimum atomic E-state index is -1.25. The predicted octanol–water partition coefficient (Wildman–Crippen LogP) is -0.442. The third kappa shape index (κ3) is 4.36. The molecule has 0 aromatic heterocycles. The van der Waals surface area contributed by atoms with Crippen molar-refractivity contribution in [3.05, 3.63) is 0 Å². The van der Waals surface area contributed by atoms with Crippen LogP contribution in [0.3, 0.4) is 0 Å². The van der Waals surface area contributed by atoms with Gasteiger partial charge in [0.1, 0.15) is 0 Å². The summed E-state index contributed by atoms with van der Waals surface area (Å²) in [4.78, 5) is 26.3. The van der Waals surface area contributed by atoms with Crippen LogP contribution in [0.5, 0.6) is 0 Å². The highest BCUT2D eigenvalue weighted by Gasteiger charge is 2.27. The van der Waals surface area contributed by atoms with Crippen LogP contribution in [0, 0.1) is 0 Å². The second kappa shape index (κ2) is 7.30. The van der Waals surface area contributed by atoms with Crippen molar-refractivity contribution in [3.63, 3.8) is 0 Å². The van der Waals surface area contributed by atoms with E-state index in [0.29, 0.717) is 12.6 Å². The van der Waals surface area contributed by atoms with E-state index in [1.54, 1.807) is 7.05 Å². The zero-order valence-corrected chi connectivity index (χ0v) is 11.5. The number of aliphatic hydroxyl groups is 1. The van der Waals surface area contributed by atoms with E-state index in [9.17, 15) is 9.59 Å². The first-order valence-corrected chi connectivity index (χ1v) is 6.58. The molecule has 0 bridgehead atoms. The first kappa shape index (κ1) is 15.7. The lowest BCUT2D eigenvalue weighted by molar-refractivity contribution is -0.140. The van der Waals surface area contributed by atoms with E-state index in [1.807, 2.05) is 0 Å². The lowest BCUT2D eigenvalue weighted by Crippen LogP contribution is -2.51. The molecular formula is C12H23N3O4. The second-order valence-corrected chi connectivity index (χ2v) is 4.83. The Balaban J connectivity index is 2.46. The number of likely N-dealkylation sites (tertiary alicyclic amines) is 1. The summed E-state index contributed by atoms with van der Waals surface area (Å²) in [7, 11) is 1.64. The largest absolute Gasteiger partial charge is 0.480 e. The van der Waals surface area contributed by atoms with Crippen molar-refractivity contribution >= 4 is 12.0 Å². The minimum absolute atomic E-state index is 0.332. The number of hydrogen-bond donors (Lipinski definition) is 3. The van der Waals surface area contributed by atoms with Crippen molar-refractivity contribution in [3.8, 4) is 0 Å². The molecule has 1 aliphatic rings. The summed E-state index contributed by atoms with van der Waals surface area (Å²) in [6.07, 6.45) is 2.18. The van der Waals surface area contributed by atoms with Gasteiger partial charge in [-0.05, 0) is 25.9 Å². The van der Waals surface area contributed by atoms with Crippen molar-refractivity contribution in [1.29, 1.82) is 0 Å². The molecule has 1 heterocycles. The maximum absolute atomic E-state index is 11.8. The summed E-state index contributed by atoms with van der Waals surface area (Å²) in [6.45, 7) is 4.04. The molecule has 1 fully saturated rings. The number of carboxylic acids is 1. The molecule has 1 unspecified atom stereocenters. The number of hydrogen-bond acceptors (Lipinski definition) is 4. The summed E-state index contributed by atoms with van der Waals surface area (Å²) in [5.41, 5.74) is 0.